The van der Waals surface area contributed by atoms with Gasteiger partial charge in [0.1, 0.15) is 18.9 Å². The fraction of sp³-hybridized carbons (Fsp3) is 0.556. The molecule has 0 aliphatic carbocycles. The zero-order valence-electron chi connectivity index (χ0n) is 24.2. The molecule has 0 atom stereocenters. The number of fused-ring (bicyclic) bond motifs is 1. The highest BCUT2D eigenvalue weighted by atomic mass is 19.4. The Bertz CT molecular complexity index is 1240. The van der Waals surface area contributed by atoms with E-state index in [2.05, 4.69) is 5.32 Å². The molecule has 0 fully saturated rings. The van der Waals surface area contributed by atoms with Gasteiger partial charge in [0.2, 0.25) is 0 Å². The molecule has 15 nitrogen and oxygen atoms in total. The van der Waals surface area contributed by atoms with Crippen LogP contribution in [0.2, 0.25) is 0 Å². The van der Waals surface area contributed by atoms with Gasteiger partial charge in [-0.05, 0) is 12.1 Å². The van der Waals surface area contributed by atoms with E-state index in [1.54, 1.807) is 0 Å². The summed E-state index contributed by atoms with van der Waals surface area (Å²) in [5.74, 6) is 0.303. The van der Waals surface area contributed by atoms with Gasteiger partial charge in [0.15, 0.2) is 11.5 Å². The third kappa shape index (κ3) is 12.6. The van der Waals surface area contributed by atoms with Gasteiger partial charge in [0, 0.05) is 17.8 Å². The lowest BCUT2D eigenvalue weighted by molar-refractivity contribution is -0.394. The highest BCUT2D eigenvalue weighted by molar-refractivity contribution is 5.77. The van der Waals surface area contributed by atoms with Crippen LogP contribution < -0.4 is 14.8 Å². The van der Waals surface area contributed by atoms with Crippen LogP contribution in [0.1, 0.15) is 5.56 Å². The molecular formula is C27H34F3N3O12. The lowest BCUT2D eigenvalue weighted by Crippen LogP contribution is -2.16. The monoisotopic (exact) mass is 649 g/mol. The number of nitrogens with zero attached hydrogens (tertiary/aromatic N) is 2. The minimum atomic E-state index is -5.15. The summed E-state index contributed by atoms with van der Waals surface area (Å²) in [5, 5.41) is 25.2. The topological polar surface area (TPSA) is 172 Å². The van der Waals surface area contributed by atoms with E-state index in [1.807, 2.05) is 0 Å². The average Bonchev–Trinajstić information content (AvgIpc) is 2.99. The highest BCUT2D eigenvalue weighted by Gasteiger charge is 2.39. The highest BCUT2D eigenvalue weighted by Crippen LogP contribution is 2.44. The van der Waals surface area contributed by atoms with Crippen molar-refractivity contribution in [3.63, 3.8) is 0 Å². The van der Waals surface area contributed by atoms with Crippen molar-refractivity contribution in [3.05, 3.63) is 56.1 Å². The number of rotatable bonds is 4. The molecule has 1 aliphatic rings. The molecule has 0 saturated carbocycles. The number of hydrogen-bond donors (Lipinski definition) is 1. The Morgan fingerprint density at radius 3 is 1.47 bits per heavy atom. The normalized spacial score (nSPS) is 17.5. The Balaban J connectivity index is 1.75. The lowest BCUT2D eigenvalue weighted by Gasteiger charge is -2.17. The molecule has 1 aliphatic heterocycles. The molecule has 45 heavy (non-hydrogen) atoms. The number of benzene rings is 2. The predicted molar refractivity (Wildman–Crippen MR) is 150 cm³/mol. The first-order valence-electron chi connectivity index (χ1n) is 13.8. The van der Waals surface area contributed by atoms with Crippen LogP contribution in [0.3, 0.4) is 0 Å². The van der Waals surface area contributed by atoms with E-state index in [4.69, 9.17) is 37.9 Å². The van der Waals surface area contributed by atoms with Crippen LogP contribution in [0.15, 0.2) is 30.3 Å². The van der Waals surface area contributed by atoms with Crippen molar-refractivity contribution in [2.75, 3.05) is 97.8 Å². The summed E-state index contributed by atoms with van der Waals surface area (Å²) in [6.07, 6.45) is -5.15. The molecule has 250 valence electrons. The quantitative estimate of drug-likeness (QED) is 0.370. The molecule has 1 N–H and O–H groups in total. The molecule has 2 aromatic carbocycles. The van der Waals surface area contributed by atoms with Gasteiger partial charge in [-0.2, -0.15) is 13.2 Å². The van der Waals surface area contributed by atoms with E-state index >= 15 is 0 Å². The Kier molecular flexibility index (Phi) is 15.0. The lowest BCUT2D eigenvalue weighted by atomic mass is 10.1. The summed E-state index contributed by atoms with van der Waals surface area (Å²) in [6, 6.07) is 4.67. The number of ether oxygens (including phenoxy) is 8. The summed E-state index contributed by atoms with van der Waals surface area (Å²) in [6.45, 7) is 4.03. The van der Waals surface area contributed by atoms with Crippen molar-refractivity contribution in [3.8, 4) is 11.5 Å². The standard InChI is InChI=1S/C27H34F3N3O12/c28-27(29,30)22-18-21(32(34)35)19-23(33(36)37)26(22)31-20-1-2-24-25(17-20)45-16-14-43-12-10-41-8-6-39-4-3-38-5-7-40-9-11-42-13-15-44-24/h1-2,17-19,31H,3-16H2. The van der Waals surface area contributed by atoms with Crippen molar-refractivity contribution in [2.24, 2.45) is 0 Å². The van der Waals surface area contributed by atoms with Crippen molar-refractivity contribution < 1.29 is 60.9 Å². The molecule has 18 heteroatoms. The first-order chi connectivity index (χ1) is 21.7. The largest absolute Gasteiger partial charge is 0.487 e. The number of nitro benzene ring substituents is 2. The summed E-state index contributed by atoms with van der Waals surface area (Å²) >= 11 is 0. The second kappa shape index (κ2) is 18.9. The van der Waals surface area contributed by atoms with Crippen LogP contribution in [0.25, 0.3) is 0 Å². The van der Waals surface area contributed by atoms with Crippen molar-refractivity contribution in [1.82, 2.24) is 0 Å². The van der Waals surface area contributed by atoms with Gasteiger partial charge in [-0.25, -0.2) is 0 Å². The molecule has 0 unspecified atom stereocenters. The fourth-order valence-corrected chi connectivity index (χ4v) is 3.80. The molecule has 3 rings (SSSR count). The van der Waals surface area contributed by atoms with Gasteiger partial charge in [0.25, 0.3) is 11.4 Å². The third-order valence-corrected chi connectivity index (χ3v) is 5.86. The molecular weight excluding hydrogens is 615 g/mol. The van der Waals surface area contributed by atoms with E-state index in [-0.39, 0.29) is 56.3 Å². The molecule has 2 aromatic rings. The van der Waals surface area contributed by atoms with Crippen molar-refractivity contribution in [2.45, 2.75) is 6.18 Å². The minimum absolute atomic E-state index is 0.0161. The maximum atomic E-state index is 13.9. The first kappa shape index (κ1) is 35.7. The van der Waals surface area contributed by atoms with Crippen LogP contribution in [0, 0.1) is 20.2 Å². The van der Waals surface area contributed by atoms with E-state index in [1.165, 1.54) is 18.2 Å². The zero-order chi connectivity index (χ0) is 32.5. The van der Waals surface area contributed by atoms with Gasteiger partial charge < -0.3 is 43.2 Å². The fourth-order valence-electron chi connectivity index (χ4n) is 3.80. The molecule has 0 bridgehead atoms. The SMILES string of the molecule is O=[N+]([O-])c1cc([N+](=O)[O-])c(Nc2ccc3c(c2)OCCOCCOCCOCCOCCOCCOCCO3)c(C(F)(F)F)c1. The minimum Gasteiger partial charge on any atom is -0.487 e. The van der Waals surface area contributed by atoms with Crippen LogP contribution in [-0.4, -0.2) is 102 Å². The smallest absolute Gasteiger partial charge is 0.418 e. The van der Waals surface area contributed by atoms with Crippen LogP contribution in [0.4, 0.5) is 35.9 Å². The number of non-ortho nitro benzene ring substituents is 1. The average molecular weight is 650 g/mol. The first-order valence-corrected chi connectivity index (χ1v) is 13.8. The predicted octanol–water partition coefficient (Wildman–Crippen LogP) is 4.14. The van der Waals surface area contributed by atoms with E-state index in [0.717, 1.165) is 0 Å². The number of alkyl halides is 3. The maximum absolute atomic E-state index is 13.9. The molecule has 0 radical (unpaired) electrons. The molecule has 0 saturated heterocycles. The Hall–Kier alpha value is -3.81. The number of nitrogens with one attached hydrogen (secondary N) is 1. The Labute approximate surface area is 255 Å². The summed E-state index contributed by atoms with van der Waals surface area (Å²) in [4.78, 5) is 20.5. The van der Waals surface area contributed by atoms with E-state index in [9.17, 15) is 33.4 Å². The Morgan fingerprint density at radius 2 is 1.04 bits per heavy atom. The molecule has 0 aromatic heterocycles. The van der Waals surface area contributed by atoms with Crippen LogP contribution in [-0.2, 0) is 34.6 Å². The van der Waals surface area contributed by atoms with Gasteiger partial charge in [-0.1, -0.05) is 0 Å². The summed E-state index contributed by atoms with van der Waals surface area (Å²) in [7, 11) is 0. The number of nitro groups is 2. The Morgan fingerprint density at radius 1 is 0.600 bits per heavy atom. The molecule has 1 heterocycles. The van der Waals surface area contributed by atoms with E-state index < -0.39 is 38.6 Å². The zero-order valence-corrected chi connectivity index (χ0v) is 24.2. The van der Waals surface area contributed by atoms with Crippen molar-refractivity contribution >= 4 is 22.7 Å². The van der Waals surface area contributed by atoms with Crippen LogP contribution in [0.5, 0.6) is 11.5 Å². The number of hydrogen-bond acceptors (Lipinski definition) is 13. The molecule has 0 amide bonds. The second-order valence-corrected chi connectivity index (χ2v) is 9.06. The van der Waals surface area contributed by atoms with Crippen molar-refractivity contribution in [1.29, 1.82) is 0 Å². The van der Waals surface area contributed by atoms with Crippen LogP contribution >= 0.6 is 0 Å². The second-order valence-electron chi connectivity index (χ2n) is 9.06. The molecule has 0 spiro atoms. The van der Waals surface area contributed by atoms with Gasteiger partial charge in [0.05, 0.1) is 101 Å². The van der Waals surface area contributed by atoms with Gasteiger partial charge in [-0.3, -0.25) is 20.2 Å². The number of halogens is 3. The maximum Gasteiger partial charge on any atom is 0.418 e. The van der Waals surface area contributed by atoms with Gasteiger partial charge in [-0.15, -0.1) is 0 Å². The number of anilines is 2. The van der Waals surface area contributed by atoms with E-state index in [0.29, 0.717) is 65.5 Å². The summed E-state index contributed by atoms with van der Waals surface area (Å²) in [5.41, 5.74) is -4.81. The third-order valence-electron chi connectivity index (χ3n) is 5.86. The summed E-state index contributed by atoms with van der Waals surface area (Å²) < 4.78 is 85.7. The van der Waals surface area contributed by atoms with Gasteiger partial charge >= 0.3 is 6.18 Å².